The Morgan fingerprint density at radius 2 is 1.89 bits per heavy atom. The van der Waals surface area contributed by atoms with E-state index in [-0.39, 0.29) is 29.9 Å². The van der Waals surface area contributed by atoms with E-state index in [4.69, 9.17) is 4.74 Å². The fourth-order valence-electron chi connectivity index (χ4n) is 3.08. The third kappa shape index (κ3) is 6.23. The highest BCUT2D eigenvalue weighted by Crippen LogP contribution is 2.24. The molecule has 3 N–H and O–H groups in total. The molecule has 154 valence electrons. The molecule has 3 atom stereocenters. The van der Waals surface area contributed by atoms with Gasteiger partial charge in [0.1, 0.15) is 0 Å². The molecular formula is C17H28N2O6S2. The molecule has 0 bridgehead atoms. The van der Waals surface area contributed by atoms with Crippen LogP contribution < -0.4 is 9.44 Å². The van der Waals surface area contributed by atoms with Gasteiger partial charge in [-0.1, -0.05) is 18.2 Å². The Morgan fingerprint density at radius 3 is 2.52 bits per heavy atom. The van der Waals surface area contributed by atoms with Crippen molar-refractivity contribution >= 4 is 20.0 Å². The lowest BCUT2D eigenvalue weighted by Gasteiger charge is -2.36. The van der Waals surface area contributed by atoms with E-state index in [9.17, 15) is 21.9 Å². The van der Waals surface area contributed by atoms with Crippen LogP contribution in [0.5, 0.6) is 0 Å². The van der Waals surface area contributed by atoms with Crippen LogP contribution >= 0.6 is 0 Å². The van der Waals surface area contributed by atoms with Crippen molar-refractivity contribution in [1.82, 2.24) is 9.44 Å². The van der Waals surface area contributed by atoms with Gasteiger partial charge in [0.05, 0.1) is 35.5 Å². The minimum atomic E-state index is -3.72. The summed E-state index contributed by atoms with van der Waals surface area (Å²) in [5.74, 6) is 0.0144. The topological polar surface area (TPSA) is 122 Å². The number of hydrogen-bond acceptors (Lipinski definition) is 6. The maximum absolute atomic E-state index is 12.7. The van der Waals surface area contributed by atoms with E-state index in [1.807, 2.05) is 0 Å². The predicted molar refractivity (Wildman–Crippen MR) is 102 cm³/mol. The van der Waals surface area contributed by atoms with Crippen LogP contribution in [0.2, 0.25) is 0 Å². The lowest BCUT2D eigenvalue weighted by Crippen LogP contribution is -2.51. The lowest BCUT2D eigenvalue weighted by molar-refractivity contribution is -0.0869. The second-order valence-electron chi connectivity index (χ2n) is 6.64. The van der Waals surface area contributed by atoms with E-state index in [0.29, 0.717) is 24.8 Å². The van der Waals surface area contributed by atoms with Gasteiger partial charge in [-0.05, 0) is 44.7 Å². The van der Waals surface area contributed by atoms with Crippen molar-refractivity contribution in [2.45, 2.75) is 56.3 Å². The van der Waals surface area contributed by atoms with E-state index in [2.05, 4.69) is 9.44 Å². The van der Waals surface area contributed by atoms with Crippen molar-refractivity contribution in [3.05, 3.63) is 29.8 Å². The summed E-state index contributed by atoms with van der Waals surface area (Å²) in [5.41, 5.74) is 0.642. The standard InChI is InChI=1S/C17H28N2O6S2/c1-3-26(21,22)18-11-10-14-8-9-15(16(12-20)25-14)19-27(23,24)17-7-5-4-6-13(17)2/h4-7,14-16,18-20H,3,8-12H2,1-2H3/t14-,15-,16+/m1/s1. The summed E-state index contributed by atoms with van der Waals surface area (Å²) in [4.78, 5) is 0.206. The third-order valence-electron chi connectivity index (χ3n) is 4.65. The summed E-state index contributed by atoms with van der Waals surface area (Å²) in [6.45, 7) is 3.21. The molecule has 10 heteroatoms. The molecule has 2 rings (SSSR count). The Labute approximate surface area is 161 Å². The van der Waals surface area contributed by atoms with Crippen LogP contribution in [0.15, 0.2) is 29.2 Å². The summed E-state index contributed by atoms with van der Waals surface area (Å²) < 4.78 is 59.2. The van der Waals surface area contributed by atoms with Gasteiger partial charge in [-0.3, -0.25) is 0 Å². The number of aliphatic hydroxyl groups excluding tert-OH is 1. The first kappa shape index (κ1) is 22.3. The number of hydrogen-bond donors (Lipinski definition) is 3. The first-order valence-corrected chi connectivity index (χ1v) is 12.1. The van der Waals surface area contributed by atoms with E-state index in [1.54, 1.807) is 32.0 Å². The molecule has 1 aliphatic rings. The molecule has 0 saturated carbocycles. The molecule has 1 fully saturated rings. The molecular weight excluding hydrogens is 392 g/mol. The molecule has 0 amide bonds. The van der Waals surface area contributed by atoms with Crippen molar-refractivity contribution in [2.24, 2.45) is 0 Å². The predicted octanol–water partition coefficient (Wildman–Crippen LogP) is 0.511. The van der Waals surface area contributed by atoms with E-state index in [0.717, 1.165) is 0 Å². The normalized spacial score (nSPS) is 24.0. The summed E-state index contributed by atoms with van der Waals surface area (Å²) >= 11 is 0. The van der Waals surface area contributed by atoms with Crippen LogP contribution in [0.4, 0.5) is 0 Å². The highest BCUT2D eigenvalue weighted by atomic mass is 32.2. The molecule has 1 aliphatic heterocycles. The monoisotopic (exact) mass is 420 g/mol. The Hall–Kier alpha value is -1.04. The number of nitrogens with one attached hydrogen (secondary N) is 2. The number of aryl methyl sites for hydroxylation is 1. The first-order chi connectivity index (χ1) is 12.7. The molecule has 8 nitrogen and oxygen atoms in total. The van der Waals surface area contributed by atoms with Crippen LogP contribution in [-0.4, -0.2) is 59.1 Å². The first-order valence-electron chi connectivity index (χ1n) is 9.00. The Bertz CT molecular complexity index is 826. The van der Waals surface area contributed by atoms with E-state index in [1.165, 1.54) is 6.07 Å². The van der Waals surface area contributed by atoms with Crippen molar-refractivity contribution in [3.8, 4) is 0 Å². The maximum atomic E-state index is 12.7. The molecule has 27 heavy (non-hydrogen) atoms. The summed E-state index contributed by atoms with van der Waals surface area (Å²) in [6, 6.07) is 6.16. The van der Waals surface area contributed by atoms with Gasteiger partial charge in [0.25, 0.3) is 0 Å². The summed E-state index contributed by atoms with van der Waals surface area (Å²) in [6.07, 6.45) is 0.631. The second kappa shape index (κ2) is 9.44. The van der Waals surface area contributed by atoms with Gasteiger partial charge in [-0.25, -0.2) is 26.3 Å². The Balaban J connectivity index is 1.96. The van der Waals surface area contributed by atoms with E-state index >= 15 is 0 Å². The molecule has 0 radical (unpaired) electrons. The zero-order valence-corrected chi connectivity index (χ0v) is 17.2. The zero-order chi connectivity index (χ0) is 20.1. The number of rotatable bonds is 9. The van der Waals surface area contributed by atoms with Crippen molar-refractivity contribution in [3.63, 3.8) is 0 Å². The highest BCUT2D eigenvalue weighted by Gasteiger charge is 2.34. The molecule has 0 aromatic heterocycles. The van der Waals surface area contributed by atoms with E-state index < -0.39 is 32.2 Å². The summed E-state index contributed by atoms with van der Waals surface area (Å²) in [7, 11) is -6.98. The fraction of sp³-hybridized carbons (Fsp3) is 0.647. The minimum Gasteiger partial charge on any atom is -0.394 e. The van der Waals surface area contributed by atoms with Crippen LogP contribution in [0.25, 0.3) is 0 Å². The molecule has 0 spiro atoms. The number of benzene rings is 1. The molecule has 1 heterocycles. The molecule has 0 unspecified atom stereocenters. The molecule has 1 aromatic carbocycles. The SMILES string of the molecule is CCS(=O)(=O)NCC[C@H]1CC[C@@H](NS(=O)(=O)c2ccccc2C)[C@H](CO)O1. The number of sulfonamides is 2. The zero-order valence-electron chi connectivity index (χ0n) is 15.6. The van der Waals surface area contributed by atoms with Gasteiger partial charge in [-0.15, -0.1) is 0 Å². The second-order valence-corrected chi connectivity index (χ2v) is 10.4. The van der Waals surface area contributed by atoms with Crippen molar-refractivity contribution < 1.29 is 26.7 Å². The summed E-state index contributed by atoms with van der Waals surface area (Å²) in [5, 5.41) is 9.62. The lowest BCUT2D eigenvalue weighted by atomic mass is 9.98. The fourth-order valence-corrected chi connectivity index (χ4v) is 5.25. The van der Waals surface area contributed by atoms with Crippen LogP contribution in [0, 0.1) is 6.92 Å². The van der Waals surface area contributed by atoms with Crippen LogP contribution in [0.1, 0.15) is 31.7 Å². The minimum absolute atomic E-state index is 0.0144. The van der Waals surface area contributed by atoms with Gasteiger partial charge in [0.2, 0.25) is 20.0 Å². The van der Waals surface area contributed by atoms with Gasteiger partial charge < -0.3 is 9.84 Å². The molecule has 0 aliphatic carbocycles. The van der Waals surface area contributed by atoms with Gasteiger partial charge in [-0.2, -0.15) is 0 Å². The average molecular weight is 421 g/mol. The van der Waals surface area contributed by atoms with Crippen molar-refractivity contribution in [2.75, 3.05) is 18.9 Å². The van der Waals surface area contributed by atoms with Crippen LogP contribution in [-0.2, 0) is 24.8 Å². The number of ether oxygens (including phenoxy) is 1. The smallest absolute Gasteiger partial charge is 0.241 e. The Kier molecular flexibility index (Phi) is 7.78. The third-order valence-corrected chi connectivity index (χ3v) is 7.71. The molecule has 1 aromatic rings. The largest absolute Gasteiger partial charge is 0.394 e. The van der Waals surface area contributed by atoms with Gasteiger partial charge in [0, 0.05) is 6.54 Å². The van der Waals surface area contributed by atoms with Crippen molar-refractivity contribution in [1.29, 1.82) is 0 Å². The number of aliphatic hydroxyl groups is 1. The van der Waals surface area contributed by atoms with Gasteiger partial charge >= 0.3 is 0 Å². The maximum Gasteiger partial charge on any atom is 0.241 e. The Morgan fingerprint density at radius 1 is 1.19 bits per heavy atom. The highest BCUT2D eigenvalue weighted by molar-refractivity contribution is 7.89. The molecule has 1 saturated heterocycles. The quantitative estimate of drug-likeness (QED) is 0.535. The average Bonchev–Trinajstić information content (AvgIpc) is 2.62. The van der Waals surface area contributed by atoms with Crippen LogP contribution in [0.3, 0.4) is 0 Å². The van der Waals surface area contributed by atoms with Gasteiger partial charge in [0.15, 0.2) is 0 Å².